The summed E-state index contributed by atoms with van der Waals surface area (Å²) in [6, 6.07) is 15.9. The van der Waals surface area contributed by atoms with E-state index in [0.717, 1.165) is 29.2 Å². The van der Waals surface area contributed by atoms with E-state index >= 15 is 0 Å². The molecule has 0 spiro atoms. The van der Waals surface area contributed by atoms with Gasteiger partial charge in [-0.05, 0) is 31.2 Å². The third kappa shape index (κ3) is 3.77. The lowest BCUT2D eigenvalue weighted by Gasteiger charge is -2.12. The lowest BCUT2D eigenvalue weighted by molar-refractivity contribution is -0.674. The van der Waals surface area contributed by atoms with Crippen LogP contribution >= 0.6 is 11.6 Å². The highest BCUT2D eigenvalue weighted by Crippen LogP contribution is 2.20. The summed E-state index contributed by atoms with van der Waals surface area (Å²) in [5.74, 6) is 0.808. The third-order valence-electron chi connectivity index (χ3n) is 3.61. The molecule has 1 heterocycles. The first kappa shape index (κ1) is 17.6. The van der Waals surface area contributed by atoms with Crippen molar-refractivity contribution in [2.24, 2.45) is 0 Å². The highest BCUT2D eigenvalue weighted by atomic mass is 79.9. The van der Waals surface area contributed by atoms with Crippen LogP contribution in [0, 0.1) is 0 Å². The van der Waals surface area contributed by atoms with Gasteiger partial charge in [-0.3, -0.25) is 0 Å². The minimum atomic E-state index is 0. The van der Waals surface area contributed by atoms with E-state index in [0.29, 0.717) is 5.02 Å². The van der Waals surface area contributed by atoms with Crippen LogP contribution in [-0.2, 0) is 6.54 Å². The molecule has 1 aromatic heterocycles. The molecule has 0 fully saturated rings. The fraction of sp³-hybridized carbons (Fsp3) is 0.167. The predicted octanol–water partition coefficient (Wildman–Crippen LogP) is 1.50. The smallest absolute Gasteiger partial charge is 0.375 e. The summed E-state index contributed by atoms with van der Waals surface area (Å²) in [7, 11) is 2.02. The van der Waals surface area contributed by atoms with Crippen molar-refractivity contribution in [2.45, 2.75) is 13.5 Å². The number of nitrogens with zero attached hydrogens (tertiary/aromatic N) is 2. The Bertz CT molecular complexity index is 815. The number of para-hydroxylation sites is 1. The van der Waals surface area contributed by atoms with Crippen molar-refractivity contribution in [1.29, 1.82) is 0 Å². The van der Waals surface area contributed by atoms with Gasteiger partial charge in [-0.15, -0.1) is 0 Å². The second-order valence-electron chi connectivity index (χ2n) is 5.06. The van der Waals surface area contributed by atoms with Gasteiger partial charge in [-0.25, -0.2) is 0 Å². The number of rotatable bonds is 4. The van der Waals surface area contributed by atoms with Crippen molar-refractivity contribution in [3.05, 3.63) is 65.6 Å². The molecule has 0 aliphatic rings. The first-order chi connectivity index (χ1) is 10.7. The fourth-order valence-corrected chi connectivity index (χ4v) is 2.62. The molecule has 3 aromatic rings. The van der Waals surface area contributed by atoms with Gasteiger partial charge in [0.2, 0.25) is 5.58 Å². The highest BCUT2D eigenvalue weighted by Gasteiger charge is 2.19. The average Bonchev–Trinajstić information content (AvgIpc) is 2.90. The molecule has 0 saturated heterocycles. The molecule has 3 nitrogen and oxygen atoms in total. The molecule has 120 valence electrons. The maximum atomic E-state index is 6.08. The number of aromatic nitrogens is 1. The van der Waals surface area contributed by atoms with E-state index < -0.39 is 0 Å². The first-order valence-electron chi connectivity index (χ1n) is 7.27. The summed E-state index contributed by atoms with van der Waals surface area (Å²) in [6.07, 6.45) is 3.98. The second-order valence-corrected chi connectivity index (χ2v) is 5.50. The molecular formula is C18H18BrClN2O. The van der Waals surface area contributed by atoms with Crippen molar-refractivity contribution in [1.82, 2.24) is 0 Å². The van der Waals surface area contributed by atoms with E-state index in [1.165, 1.54) is 0 Å². The van der Waals surface area contributed by atoms with Crippen LogP contribution in [0.3, 0.4) is 0 Å². The van der Waals surface area contributed by atoms with E-state index in [2.05, 4.69) is 28.5 Å². The summed E-state index contributed by atoms with van der Waals surface area (Å²) in [4.78, 5) is 2.06. The molecule has 0 atom stereocenters. The summed E-state index contributed by atoms with van der Waals surface area (Å²) in [5.41, 5.74) is 2.98. The molecule has 0 N–H and O–H groups in total. The molecule has 0 aliphatic carbocycles. The monoisotopic (exact) mass is 392 g/mol. The van der Waals surface area contributed by atoms with E-state index in [-0.39, 0.29) is 17.0 Å². The first-order valence-corrected chi connectivity index (χ1v) is 7.65. The molecule has 0 bridgehead atoms. The van der Waals surface area contributed by atoms with Gasteiger partial charge < -0.3 is 26.3 Å². The van der Waals surface area contributed by atoms with Gasteiger partial charge in [-0.1, -0.05) is 29.8 Å². The van der Waals surface area contributed by atoms with Gasteiger partial charge >= 0.3 is 5.89 Å². The lowest BCUT2D eigenvalue weighted by Crippen LogP contribution is -3.00. The van der Waals surface area contributed by atoms with Crippen LogP contribution in [0.4, 0.5) is 5.69 Å². The standard InChI is InChI=1S/C18H18ClN2O.BrH/c1-3-21-16-13-14(19)9-10-17(16)22-18(21)11-12-20(2)15-7-5-4-6-8-15;/h4-13H,3H2,1-2H3;1H/q+1;/p-1. The Labute approximate surface area is 151 Å². The molecule has 2 aromatic carbocycles. The minimum Gasteiger partial charge on any atom is -1.00 e. The maximum absolute atomic E-state index is 6.08. The maximum Gasteiger partial charge on any atom is 0.375 e. The van der Waals surface area contributed by atoms with E-state index in [1.54, 1.807) is 0 Å². The fourth-order valence-electron chi connectivity index (χ4n) is 2.45. The summed E-state index contributed by atoms with van der Waals surface area (Å²) in [6.45, 7) is 2.91. The number of fused-ring (bicyclic) bond motifs is 1. The molecule has 5 heteroatoms. The molecule has 0 aliphatic heterocycles. The number of oxazole rings is 1. The second kappa shape index (κ2) is 7.66. The van der Waals surface area contributed by atoms with Crippen LogP contribution in [0.1, 0.15) is 12.8 Å². The average molecular weight is 394 g/mol. The summed E-state index contributed by atoms with van der Waals surface area (Å²) < 4.78 is 8.03. The Hall–Kier alpha value is -1.78. The Morgan fingerprint density at radius 3 is 2.61 bits per heavy atom. The van der Waals surface area contributed by atoms with Crippen LogP contribution < -0.4 is 26.4 Å². The number of aryl methyl sites for hydroxylation is 1. The molecule has 3 rings (SSSR count). The van der Waals surface area contributed by atoms with Crippen molar-refractivity contribution < 1.29 is 26.0 Å². The topological polar surface area (TPSA) is 20.3 Å². The van der Waals surface area contributed by atoms with Crippen LogP contribution in [0.25, 0.3) is 17.2 Å². The molecule has 23 heavy (non-hydrogen) atoms. The van der Waals surface area contributed by atoms with Crippen LogP contribution in [-0.4, -0.2) is 7.05 Å². The number of hydrogen-bond donors (Lipinski definition) is 0. The molecule has 0 saturated carbocycles. The zero-order chi connectivity index (χ0) is 15.5. The number of hydrogen-bond acceptors (Lipinski definition) is 2. The Kier molecular flexibility index (Phi) is 5.85. The largest absolute Gasteiger partial charge is 1.00 e. The van der Waals surface area contributed by atoms with Gasteiger partial charge in [0.05, 0.1) is 6.08 Å². The zero-order valence-electron chi connectivity index (χ0n) is 13.0. The van der Waals surface area contributed by atoms with Crippen LogP contribution in [0.2, 0.25) is 5.02 Å². The molecule has 0 radical (unpaired) electrons. The summed E-state index contributed by atoms with van der Waals surface area (Å²) in [5, 5.41) is 0.715. The van der Waals surface area contributed by atoms with Gasteiger partial charge in [0.15, 0.2) is 0 Å². The molecule has 0 amide bonds. The lowest BCUT2D eigenvalue weighted by atomic mass is 10.3. The number of halogens is 2. The Morgan fingerprint density at radius 1 is 1.17 bits per heavy atom. The van der Waals surface area contributed by atoms with Crippen molar-refractivity contribution in [3.8, 4) is 0 Å². The van der Waals surface area contributed by atoms with Gasteiger partial charge in [0, 0.05) is 30.0 Å². The van der Waals surface area contributed by atoms with E-state index in [9.17, 15) is 0 Å². The van der Waals surface area contributed by atoms with Crippen LogP contribution in [0.15, 0.2) is 59.1 Å². The van der Waals surface area contributed by atoms with Gasteiger partial charge in [-0.2, -0.15) is 4.57 Å². The van der Waals surface area contributed by atoms with Gasteiger partial charge in [0.25, 0.3) is 5.52 Å². The molecular weight excluding hydrogens is 376 g/mol. The third-order valence-corrected chi connectivity index (χ3v) is 3.85. The Balaban J connectivity index is 0.00000192. The van der Waals surface area contributed by atoms with E-state index in [4.69, 9.17) is 16.0 Å². The van der Waals surface area contributed by atoms with Crippen molar-refractivity contribution in [2.75, 3.05) is 11.9 Å². The van der Waals surface area contributed by atoms with Gasteiger partial charge in [0.1, 0.15) is 6.54 Å². The zero-order valence-corrected chi connectivity index (χ0v) is 15.4. The quantitative estimate of drug-likeness (QED) is 0.626. The Morgan fingerprint density at radius 2 is 1.91 bits per heavy atom. The van der Waals surface area contributed by atoms with E-state index in [1.807, 2.05) is 55.7 Å². The van der Waals surface area contributed by atoms with Crippen LogP contribution in [0.5, 0.6) is 0 Å². The SMILES string of the molecule is CC[n+]1c(/C=C/N(C)c2ccccc2)oc2ccc(Cl)cc21.[Br-]. The molecule has 0 unspecified atom stereocenters. The minimum absolute atomic E-state index is 0. The number of benzene rings is 2. The van der Waals surface area contributed by atoms with Crippen molar-refractivity contribution >= 4 is 34.5 Å². The number of anilines is 1. The normalized spacial score (nSPS) is 10.9. The highest BCUT2D eigenvalue weighted by molar-refractivity contribution is 6.31. The predicted molar refractivity (Wildman–Crippen MR) is 91.0 cm³/mol. The van der Waals surface area contributed by atoms with Crippen molar-refractivity contribution in [3.63, 3.8) is 0 Å². The summed E-state index contributed by atoms with van der Waals surface area (Å²) >= 11 is 6.08.